The number of amides is 2. The van der Waals surface area contributed by atoms with Crippen molar-refractivity contribution in [1.82, 2.24) is 20.0 Å². The van der Waals surface area contributed by atoms with Gasteiger partial charge in [-0.25, -0.2) is 4.39 Å². The van der Waals surface area contributed by atoms with Gasteiger partial charge in [0, 0.05) is 49.3 Å². The van der Waals surface area contributed by atoms with Gasteiger partial charge in [-0.1, -0.05) is 30.2 Å². The van der Waals surface area contributed by atoms with Crippen molar-refractivity contribution in [3.8, 4) is 18.2 Å². The molecule has 2 amide bonds. The zero-order valence-electron chi connectivity index (χ0n) is 19.2. The highest BCUT2D eigenvalue weighted by Gasteiger charge is 2.35. The average molecular weight is 473 g/mol. The molecule has 0 bridgehead atoms. The third-order valence-electron chi connectivity index (χ3n) is 6.46. The van der Waals surface area contributed by atoms with Gasteiger partial charge in [0.2, 0.25) is 11.8 Å². The second-order valence-electron chi connectivity index (χ2n) is 8.87. The molecule has 1 aliphatic carbocycles. The van der Waals surface area contributed by atoms with Gasteiger partial charge in [-0.15, -0.1) is 11.5 Å². The van der Waals surface area contributed by atoms with Crippen LogP contribution >= 0.6 is 0 Å². The van der Waals surface area contributed by atoms with Gasteiger partial charge in [0.15, 0.2) is 6.61 Å². The van der Waals surface area contributed by atoms with Gasteiger partial charge in [-0.05, 0) is 36.6 Å². The summed E-state index contributed by atoms with van der Waals surface area (Å²) in [5.74, 6) is 2.18. The maximum atomic E-state index is 14.7. The standard InChI is InChI=1S/C27H25FN4O3/c1-2-15-35-25-21-6-4-3-5-20(21)24(29-30-25)17-18-7-10-23(28)22(16-18)27(34)32-13-11-31(12-14-32)26(33)19-8-9-19/h1,3-7,10,16,19H,8-9,11-15,17H2. The topological polar surface area (TPSA) is 75.6 Å². The molecule has 2 heterocycles. The Labute approximate surface area is 202 Å². The van der Waals surface area contributed by atoms with Crippen LogP contribution in [0.5, 0.6) is 5.88 Å². The fourth-order valence-corrected chi connectivity index (χ4v) is 4.41. The van der Waals surface area contributed by atoms with Crippen LogP contribution in [-0.4, -0.2) is 64.6 Å². The molecule has 2 aliphatic rings. The molecule has 1 aromatic heterocycles. The van der Waals surface area contributed by atoms with Crippen molar-refractivity contribution in [1.29, 1.82) is 0 Å². The molecule has 2 fully saturated rings. The van der Waals surface area contributed by atoms with E-state index in [-0.39, 0.29) is 29.9 Å². The number of hydrogen-bond donors (Lipinski definition) is 0. The van der Waals surface area contributed by atoms with Gasteiger partial charge in [0.25, 0.3) is 5.91 Å². The molecule has 0 radical (unpaired) electrons. The van der Waals surface area contributed by atoms with Crippen LogP contribution in [0.15, 0.2) is 42.5 Å². The lowest BCUT2D eigenvalue weighted by Crippen LogP contribution is -2.51. The van der Waals surface area contributed by atoms with Gasteiger partial charge in [0.05, 0.1) is 11.3 Å². The maximum Gasteiger partial charge on any atom is 0.256 e. The fourth-order valence-electron chi connectivity index (χ4n) is 4.41. The van der Waals surface area contributed by atoms with Crippen LogP contribution in [0.2, 0.25) is 0 Å². The number of terminal acetylenes is 1. The number of benzene rings is 2. The van der Waals surface area contributed by atoms with Crippen LogP contribution in [0.4, 0.5) is 4.39 Å². The number of hydrogen-bond acceptors (Lipinski definition) is 5. The van der Waals surface area contributed by atoms with E-state index >= 15 is 0 Å². The van der Waals surface area contributed by atoms with Crippen LogP contribution in [0, 0.1) is 24.1 Å². The SMILES string of the molecule is C#CCOc1nnc(Cc2ccc(F)c(C(=O)N3CCN(C(=O)C4CC4)CC3)c2)c2ccccc12. The zero-order valence-corrected chi connectivity index (χ0v) is 19.2. The Morgan fingerprint density at radius 3 is 2.46 bits per heavy atom. The molecular formula is C27H25FN4O3. The number of rotatable bonds is 6. The normalized spacial score (nSPS) is 15.7. The van der Waals surface area contributed by atoms with Crippen molar-refractivity contribution in [3.05, 3.63) is 65.1 Å². The molecular weight excluding hydrogens is 447 g/mol. The lowest BCUT2D eigenvalue weighted by molar-refractivity contribution is -0.134. The van der Waals surface area contributed by atoms with Crippen LogP contribution < -0.4 is 4.74 Å². The first kappa shape index (κ1) is 22.8. The molecule has 178 valence electrons. The van der Waals surface area contributed by atoms with Crippen molar-refractivity contribution < 1.29 is 18.7 Å². The molecule has 35 heavy (non-hydrogen) atoms. The highest BCUT2D eigenvalue weighted by Crippen LogP contribution is 2.31. The van der Waals surface area contributed by atoms with Gasteiger partial charge in [-0.2, -0.15) is 5.10 Å². The average Bonchev–Trinajstić information content (AvgIpc) is 3.74. The molecule has 5 rings (SSSR count). The molecule has 1 saturated heterocycles. The van der Waals surface area contributed by atoms with Gasteiger partial charge < -0.3 is 14.5 Å². The summed E-state index contributed by atoms with van der Waals surface area (Å²) in [6.07, 6.45) is 7.57. The highest BCUT2D eigenvalue weighted by atomic mass is 19.1. The van der Waals surface area contributed by atoms with Crippen LogP contribution in [0.1, 0.15) is 34.5 Å². The maximum absolute atomic E-state index is 14.7. The Balaban J connectivity index is 1.34. The first-order valence-electron chi connectivity index (χ1n) is 11.7. The number of halogens is 1. The highest BCUT2D eigenvalue weighted by molar-refractivity contribution is 5.95. The first-order valence-corrected chi connectivity index (χ1v) is 11.7. The Kier molecular flexibility index (Phi) is 6.32. The predicted molar refractivity (Wildman–Crippen MR) is 128 cm³/mol. The van der Waals surface area contributed by atoms with Crippen LogP contribution in [-0.2, 0) is 11.2 Å². The Hall–Kier alpha value is -3.99. The smallest absolute Gasteiger partial charge is 0.256 e. The molecule has 2 aromatic carbocycles. The summed E-state index contributed by atoms with van der Waals surface area (Å²) in [5.41, 5.74) is 1.45. The minimum atomic E-state index is -0.566. The van der Waals surface area contributed by atoms with Crippen molar-refractivity contribution in [3.63, 3.8) is 0 Å². The monoisotopic (exact) mass is 472 g/mol. The van der Waals surface area contributed by atoms with E-state index in [1.807, 2.05) is 29.2 Å². The van der Waals surface area contributed by atoms with Crippen LogP contribution in [0.25, 0.3) is 10.8 Å². The largest absolute Gasteiger partial charge is 0.463 e. The molecule has 0 N–H and O–H groups in total. The minimum Gasteiger partial charge on any atom is -0.463 e. The molecule has 0 unspecified atom stereocenters. The summed E-state index contributed by atoms with van der Waals surface area (Å²) in [6.45, 7) is 1.85. The van der Waals surface area contributed by atoms with E-state index in [4.69, 9.17) is 11.2 Å². The van der Waals surface area contributed by atoms with E-state index in [1.54, 1.807) is 17.0 Å². The summed E-state index contributed by atoms with van der Waals surface area (Å²) >= 11 is 0. The van der Waals surface area contributed by atoms with Crippen molar-refractivity contribution >= 4 is 22.6 Å². The van der Waals surface area contributed by atoms with Crippen molar-refractivity contribution in [2.24, 2.45) is 5.92 Å². The number of carbonyl (C=O) groups excluding carboxylic acids is 2. The predicted octanol–water partition coefficient (Wildman–Crippen LogP) is 3.07. The number of fused-ring (bicyclic) bond motifs is 1. The summed E-state index contributed by atoms with van der Waals surface area (Å²) in [4.78, 5) is 28.8. The number of aromatic nitrogens is 2. The van der Waals surface area contributed by atoms with Crippen molar-refractivity contribution in [2.75, 3.05) is 32.8 Å². The van der Waals surface area contributed by atoms with Crippen molar-refractivity contribution in [2.45, 2.75) is 19.3 Å². The first-order chi connectivity index (χ1) is 17.0. The molecule has 0 atom stereocenters. The summed E-state index contributed by atoms with van der Waals surface area (Å²) in [7, 11) is 0. The summed E-state index contributed by atoms with van der Waals surface area (Å²) < 4.78 is 20.2. The van der Waals surface area contributed by atoms with E-state index in [9.17, 15) is 14.0 Å². The lowest BCUT2D eigenvalue weighted by Gasteiger charge is -2.35. The van der Waals surface area contributed by atoms with Gasteiger partial charge in [0.1, 0.15) is 5.82 Å². The molecule has 7 nitrogen and oxygen atoms in total. The van der Waals surface area contributed by atoms with E-state index in [1.165, 1.54) is 6.07 Å². The van der Waals surface area contributed by atoms with Gasteiger partial charge >= 0.3 is 0 Å². The molecule has 1 aliphatic heterocycles. The second-order valence-corrected chi connectivity index (χ2v) is 8.87. The lowest BCUT2D eigenvalue weighted by atomic mass is 10.0. The van der Waals surface area contributed by atoms with E-state index in [0.29, 0.717) is 44.2 Å². The summed E-state index contributed by atoms with van der Waals surface area (Å²) in [5, 5.41) is 10.1. The zero-order chi connectivity index (χ0) is 24.4. The molecule has 0 spiro atoms. The number of piperazine rings is 1. The third kappa shape index (κ3) is 4.80. The second kappa shape index (κ2) is 9.71. The Morgan fingerprint density at radius 1 is 1.03 bits per heavy atom. The van der Waals surface area contributed by atoms with E-state index in [0.717, 1.165) is 29.2 Å². The van der Waals surface area contributed by atoms with Crippen LogP contribution in [0.3, 0.4) is 0 Å². The summed E-state index contributed by atoms with van der Waals surface area (Å²) in [6, 6.07) is 12.1. The Morgan fingerprint density at radius 2 is 1.74 bits per heavy atom. The molecule has 8 heteroatoms. The quantitative estimate of drug-likeness (QED) is 0.516. The number of carbonyl (C=O) groups is 2. The van der Waals surface area contributed by atoms with Gasteiger partial charge in [-0.3, -0.25) is 9.59 Å². The molecule has 1 saturated carbocycles. The molecule has 3 aromatic rings. The minimum absolute atomic E-state index is 0.0238. The van der Waals surface area contributed by atoms with E-state index < -0.39 is 5.82 Å². The Bertz CT molecular complexity index is 1320. The third-order valence-corrected chi connectivity index (χ3v) is 6.46. The number of nitrogens with zero attached hydrogens (tertiary/aromatic N) is 4. The number of ether oxygens (including phenoxy) is 1. The van der Waals surface area contributed by atoms with E-state index in [2.05, 4.69) is 16.1 Å². The fraction of sp³-hybridized carbons (Fsp3) is 0.333.